The molecule has 0 aliphatic rings. The molecule has 0 saturated carbocycles. The maximum atomic E-state index is 12.0. The predicted molar refractivity (Wildman–Crippen MR) is 97.1 cm³/mol. The monoisotopic (exact) mass is 374 g/mol. The van der Waals surface area contributed by atoms with Gasteiger partial charge in [-0.3, -0.25) is 4.79 Å². The van der Waals surface area contributed by atoms with Crippen molar-refractivity contribution in [3.05, 3.63) is 59.9 Å². The average molecular weight is 375 g/mol. The number of anilines is 1. The molecule has 8 heteroatoms. The maximum Gasteiger partial charge on any atom is 0.262 e. The van der Waals surface area contributed by atoms with Gasteiger partial charge in [0.2, 0.25) is 0 Å². The molecule has 2 aromatic carbocycles. The number of hydrogen-bond donors (Lipinski definition) is 1. The fourth-order valence-electron chi connectivity index (χ4n) is 1.98. The number of benzene rings is 2. The Morgan fingerprint density at radius 1 is 1.24 bits per heavy atom. The Hall–Kier alpha value is -2.51. The first kappa shape index (κ1) is 17.3. The highest BCUT2D eigenvalue weighted by Gasteiger charge is 2.07. The van der Waals surface area contributed by atoms with Crippen LogP contribution in [0.15, 0.2) is 64.9 Å². The summed E-state index contributed by atoms with van der Waals surface area (Å²) in [5.74, 6) is 0.225. The molecule has 0 unspecified atom stereocenters. The van der Waals surface area contributed by atoms with Gasteiger partial charge in [0.05, 0.1) is 5.02 Å². The lowest BCUT2D eigenvalue weighted by molar-refractivity contribution is -0.118. The van der Waals surface area contributed by atoms with E-state index in [0.717, 1.165) is 10.1 Å². The molecule has 0 aliphatic carbocycles. The number of rotatable bonds is 6. The van der Waals surface area contributed by atoms with Crippen LogP contribution in [0.3, 0.4) is 0 Å². The molecule has 1 N–H and O–H groups in total. The zero-order chi connectivity index (χ0) is 17.6. The Balaban J connectivity index is 1.53. The summed E-state index contributed by atoms with van der Waals surface area (Å²) >= 11 is 7.48. The van der Waals surface area contributed by atoms with Gasteiger partial charge in [-0.05, 0) is 48.2 Å². The third-order valence-electron chi connectivity index (χ3n) is 3.21. The molecule has 3 aromatic rings. The summed E-state index contributed by atoms with van der Waals surface area (Å²) in [4.78, 5) is 13.0. The van der Waals surface area contributed by atoms with Gasteiger partial charge in [-0.1, -0.05) is 23.7 Å². The first-order valence-corrected chi connectivity index (χ1v) is 8.60. The van der Waals surface area contributed by atoms with Gasteiger partial charge in [0, 0.05) is 17.6 Å². The molecule has 0 bridgehead atoms. The first-order valence-electron chi connectivity index (χ1n) is 7.41. The lowest BCUT2D eigenvalue weighted by atomic mass is 10.3. The van der Waals surface area contributed by atoms with Crippen LogP contribution in [-0.4, -0.2) is 27.3 Å². The zero-order valence-corrected chi connectivity index (χ0v) is 14.9. The summed E-state index contributed by atoms with van der Waals surface area (Å²) in [5, 5.41) is 11.9. The Labute approximate surface area is 154 Å². The van der Waals surface area contributed by atoms with Crippen molar-refractivity contribution in [1.82, 2.24) is 14.8 Å². The highest BCUT2D eigenvalue weighted by Crippen LogP contribution is 2.26. The van der Waals surface area contributed by atoms with Crippen molar-refractivity contribution in [2.75, 3.05) is 11.9 Å². The summed E-state index contributed by atoms with van der Waals surface area (Å²) in [6, 6.07) is 14.5. The number of para-hydroxylation sites is 1. The van der Waals surface area contributed by atoms with E-state index in [0.29, 0.717) is 16.5 Å². The van der Waals surface area contributed by atoms with Crippen LogP contribution in [0.25, 0.3) is 0 Å². The van der Waals surface area contributed by atoms with Gasteiger partial charge in [-0.25, -0.2) is 0 Å². The van der Waals surface area contributed by atoms with E-state index in [-0.39, 0.29) is 12.5 Å². The Kier molecular flexibility index (Phi) is 5.57. The fraction of sp³-hybridized carbons (Fsp3) is 0.118. The quantitative estimate of drug-likeness (QED) is 0.713. The molecule has 0 aliphatic heterocycles. The van der Waals surface area contributed by atoms with E-state index in [1.54, 1.807) is 30.6 Å². The Morgan fingerprint density at radius 3 is 2.68 bits per heavy atom. The van der Waals surface area contributed by atoms with Gasteiger partial charge in [0.25, 0.3) is 5.91 Å². The molecule has 0 radical (unpaired) electrons. The first-order chi connectivity index (χ1) is 12.1. The van der Waals surface area contributed by atoms with Crippen molar-refractivity contribution in [1.29, 1.82) is 0 Å². The van der Waals surface area contributed by atoms with Gasteiger partial charge < -0.3 is 14.6 Å². The number of carbonyl (C=O) groups is 1. The minimum absolute atomic E-state index is 0.112. The Morgan fingerprint density at radius 2 is 2.00 bits per heavy atom. The van der Waals surface area contributed by atoms with Gasteiger partial charge in [-0.2, -0.15) is 0 Å². The lowest BCUT2D eigenvalue weighted by Crippen LogP contribution is -2.20. The third kappa shape index (κ3) is 4.74. The van der Waals surface area contributed by atoms with Crippen LogP contribution in [0.4, 0.5) is 5.69 Å². The molecule has 128 valence electrons. The van der Waals surface area contributed by atoms with E-state index < -0.39 is 0 Å². The molecular weight excluding hydrogens is 360 g/mol. The number of aromatic nitrogens is 3. The Bertz CT molecular complexity index is 867. The van der Waals surface area contributed by atoms with Gasteiger partial charge >= 0.3 is 0 Å². The number of amides is 1. The highest BCUT2D eigenvalue weighted by atomic mass is 35.5. The standard InChI is InChI=1S/C17H15ClN4O2S/c1-22-11-19-21-17(22)25-13-8-6-12(7-9-13)20-16(23)10-24-15-5-3-2-4-14(15)18/h2-9,11H,10H2,1H3,(H,20,23). The number of ether oxygens (including phenoxy) is 1. The van der Waals surface area contributed by atoms with E-state index in [2.05, 4.69) is 15.5 Å². The molecule has 1 amide bonds. The highest BCUT2D eigenvalue weighted by molar-refractivity contribution is 7.99. The lowest BCUT2D eigenvalue weighted by Gasteiger charge is -2.09. The fourth-order valence-corrected chi connectivity index (χ4v) is 2.93. The SMILES string of the molecule is Cn1cnnc1Sc1ccc(NC(=O)COc2ccccc2Cl)cc1. The van der Waals surface area contributed by atoms with E-state index >= 15 is 0 Å². The second-order valence-electron chi connectivity index (χ2n) is 5.12. The van der Waals surface area contributed by atoms with Crippen molar-refractivity contribution < 1.29 is 9.53 Å². The second-order valence-corrected chi connectivity index (χ2v) is 6.57. The summed E-state index contributed by atoms with van der Waals surface area (Å²) in [6.45, 7) is -0.112. The molecule has 0 atom stereocenters. The molecule has 0 spiro atoms. The third-order valence-corrected chi connectivity index (χ3v) is 4.58. The number of nitrogens with one attached hydrogen (secondary N) is 1. The van der Waals surface area contributed by atoms with E-state index in [9.17, 15) is 4.79 Å². The minimum Gasteiger partial charge on any atom is -0.482 e. The van der Waals surface area contributed by atoms with Crippen LogP contribution >= 0.6 is 23.4 Å². The van der Waals surface area contributed by atoms with E-state index in [1.807, 2.05) is 35.9 Å². The molecule has 6 nitrogen and oxygen atoms in total. The second kappa shape index (κ2) is 8.04. The smallest absolute Gasteiger partial charge is 0.262 e. The van der Waals surface area contributed by atoms with Crippen molar-refractivity contribution in [3.63, 3.8) is 0 Å². The van der Waals surface area contributed by atoms with Crippen LogP contribution in [0.1, 0.15) is 0 Å². The normalized spacial score (nSPS) is 10.5. The van der Waals surface area contributed by atoms with Gasteiger partial charge in [0.1, 0.15) is 12.1 Å². The van der Waals surface area contributed by atoms with Crippen LogP contribution in [0.2, 0.25) is 5.02 Å². The van der Waals surface area contributed by atoms with Crippen molar-refractivity contribution in [3.8, 4) is 5.75 Å². The van der Waals surface area contributed by atoms with Crippen LogP contribution < -0.4 is 10.1 Å². The van der Waals surface area contributed by atoms with Crippen LogP contribution in [0, 0.1) is 0 Å². The topological polar surface area (TPSA) is 69.0 Å². The number of halogens is 1. The summed E-state index contributed by atoms with van der Waals surface area (Å²) in [6.07, 6.45) is 1.65. The van der Waals surface area contributed by atoms with Crippen LogP contribution in [0.5, 0.6) is 5.75 Å². The summed E-state index contributed by atoms with van der Waals surface area (Å²) in [5.41, 5.74) is 0.690. The molecule has 3 rings (SSSR count). The van der Waals surface area contributed by atoms with Crippen LogP contribution in [-0.2, 0) is 11.8 Å². The molecule has 1 aromatic heterocycles. The number of carbonyl (C=O) groups excluding carboxylic acids is 1. The van der Waals surface area contributed by atoms with Gasteiger partial charge in [-0.15, -0.1) is 10.2 Å². The predicted octanol–water partition coefficient (Wildman–Crippen LogP) is 3.64. The molecule has 0 fully saturated rings. The maximum absolute atomic E-state index is 12.0. The zero-order valence-electron chi connectivity index (χ0n) is 13.3. The summed E-state index contributed by atoms with van der Waals surface area (Å²) in [7, 11) is 1.88. The average Bonchev–Trinajstić information content (AvgIpc) is 3.01. The number of hydrogen-bond acceptors (Lipinski definition) is 5. The van der Waals surface area contributed by atoms with Crippen molar-refractivity contribution in [2.24, 2.45) is 7.05 Å². The van der Waals surface area contributed by atoms with Crippen molar-refractivity contribution in [2.45, 2.75) is 10.1 Å². The summed E-state index contributed by atoms with van der Waals surface area (Å²) < 4.78 is 7.25. The molecule has 1 heterocycles. The molecule has 25 heavy (non-hydrogen) atoms. The minimum atomic E-state index is -0.256. The molecule has 0 saturated heterocycles. The van der Waals surface area contributed by atoms with Gasteiger partial charge in [0.15, 0.2) is 11.8 Å². The van der Waals surface area contributed by atoms with E-state index in [1.165, 1.54) is 11.8 Å². The molecular formula is C17H15ClN4O2S. The number of aryl methyl sites for hydroxylation is 1. The largest absolute Gasteiger partial charge is 0.482 e. The number of nitrogens with zero attached hydrogens (tertiary/aromatic N) is 3. The van der Waals surface area contributed by atoms with E-state index in [4.69, 9.17) is 16.3 Å². The van der Waals surface area contributed by atoms with Crippen molar-refractivity contribution >= 4 is 35.0 Å².